The molecule has 0 bridgehead atoms. The van der Waals surface area contributed by atoms with Crippen molar-refractivity contribution in [1.82, 2.24) is 20.2 Å². The summed E-state index contributed by atoms with van der Waals surface area (Å²) in [7, 11) is 1.96. The van der Waals surface area contributed by atoms with E-state index in [9.17, 15) is 0 Å². The number of aromatic nitrogens is 2. The molecule has 6 heteroatoms. The second-order valence-electron chi connectivity index (χ2n) is 5.21. The van der Waals surface area contributed by atoms with Crippen molar-refractivity contribution in [3.63, 3.8) is 0 Å². The van der Waals surface area contributed by atoms with Gasteiger partial charge >= 0.3 is 133 Å². The van der Waals surface area contributed by atoms with Crippen molar-refractivity contribution in [2.24, 2.45) is 0 Å². The molecule has 1 saturated heterocycles. The molecule has 1 aromatic heterocycles. The van der Waals surface area contributed by atoms with Crippen LogP contribution in [0.4, 0.5) is 5.82 Å². The Balaban J connectivity index is 1.88. The van der Waals surface area contributed by atoms with Crippen LogP contribution in [0.3, 0.4) is 0 Å². The van der Waals surface area contributed by atoms with Crippen molar-refractivity contribution in [2.75, 3.05) is 38.1 Å². The van der Waals surface area contributed by atoms with E-state index in [1.165, 1.54) is 15.4 Å². The quantitative estimate of drug-likeness (QED) is 0.911. The molecular formula is C15H19N5V. The van der Waals surface area contributed by atoms with Crippen molar-refractivity contribution in [3.05, 3.63) is 30.1 Å². The van der Waals surface area contributed by atoms with Crippen molar-refractivity contribution in [2.45, 2.75) is 6.92 Å². The minimum absolute atomic E-state index is 0.976. The summed E-state index contributed by atoms with van der Waals surface area (Å²) in [6, 6.07) is 6.23. The first-order valence-corrected chi connectivity index (χ1v) is 7.84. The Kier molecular flexibility index (Phi) is 4.36. The third-order valence-electron chi connectivity index (χ3n) is 3.95. The number of nitrogens with one attached hydrogen (secondary N) is 1. The van der Waals surface area contributed by atoms with Gasteiger partial charge in [0.25, 0.3) is 0 Å². The Morgan fingerprint density at radius 2 is 1.95 bits per heavy atom. The summed E-state index contributed by atoms with van der Waals surface area (Å²) in [5.74, 6) is 1.06. The Labute approximate surface area is 133 Å². The van der Waals surface area contributed by atoms with Gasteiger partial charge in [0.2, 0.25) is 0 Å². The van der Waals surface area contributed by atoms with E-state index in [1.54, 1.807) is 6.33 Å². The minimum atomic E-state index is 0.976. The molecule has 5 nitrogen and oxygen atoms in total. The fraction of sp³-hybridized carbons (Fsp3) is 0.400. The van der Waals surface area contributed by atoms with Crippen LogP contribution in [-0.2, 0) is 17.0 Å². The van der Waals surface area contributed by atoms with E-state index in [1.807, 2.05) is 7.05 Å². The predicted octanol–water partition coefficient (Wildman–Crippen LogP) is 0.914. The van der Waals surface area contributed by atoms with E-state index in [2.05, 4.69) is 67.2 Å². The van der Waals surface area contributed by atoms with Crippen LogP contribution in [0, 0.1) is 6.92 Å². The van der Waals surface area contributed by atoms with Gasteiger partial charge in [-0.05, 0) is 0 Å². The molecule has 1 aliphatic rings. The van der Waals surface area contributed by atoms with E-state index >= 15 is 0 Å². The summed E-state index contributed by atoms with van der Waals surface area (Å²) >= 11 is 2.60. The normalized spacial score (nSPS) is 16.3. The second kappa shape index (κ2) is 6.24. The topological polar surface area (TPSA) is 44.3 Å². The monoisotopic (exact) mass is 320 g/mol. The van der Waals surface area contributed by atoms with Crippen molar-refractivity contribution >= 4 is 21.2 Å². The molecule has 0 aliphatic carbocycles. The third kappa shape index (κ3) is 2.87. The van der Waals surface area contributed by atoms with Gasteiger partial charge in [-0.2, -0.15) is 0 Å². The van der Waals surface area contributed by atoms with Gasteiger partial charge in [0, 0.05) is 0 Å². The summed E-state index contributed by atoms with van der Waals surface area (Å²) in [6.45, 7) is 6.08. The van der Waals surface area contributed by atoms with Crippen LogP contribution >= 0.6 is 0 Å². The van der Waals surface area contributed by atoms with Gasteiger partial charge in [0.05, 0.1) is 0 Å². The molecular weight excluding hydrogens is 301 g/mol. The van der Waals surface area contributed by atoms with Crippen LogP contribution in [0.25, 0.3) is 10.9 Å². The summed E-state index contributed by atoms with van der Waals surface area (Å²) in [4.78, 5) is 13.7. The molecule has 0 amide bonds. The van der Waals surface area contributed by atoms with Crippen molar-refractivity contribution in [3.8, 4) is 0 Å². The molecule has 3 rings (SSSR count). The molecule has 21 heavy (non-hydrogen) atoms. The second-order valence-corrected chi connectivity index (χ2v) is 5.88. The van der Waals surface area contributed by atoms with Crippen LogP contribution in [0.2, 0.25) is 0 Å². The average Bonchev–Trinajstić information content (AvgIpc) is 2.54. The first-order chi connectivity index (χ1) is 10.2. The molecule has 0 radical (unpaired) electrons. The van der Waals surface area contributed by atoms with Crippen molar-refractivity contribution in [1.29, 1.82) is 0 Å². The molecule has 1 fully saturated rings. The standard InChI is InChI=1S/C15H19N5.V/c1-12-4-3-5-13-14(12)15(18-10-17-13)20-8-6-19(7-9-20)11-16-2;/h3-5,10,16H,6-9H2,1-2H3;. The van der Waals surface area contributed by atoms with Gasteiger partial charge in [-0.3, -0.25) is 0 Å². The zero-order valence-corrected chi connectivity index (χ0v) is 13.8. The van der Waals surface area contributed by atoms with Gasteiger partial charge < -0.3 is 0 Å². The summed E-state index contributed by atoms with van der Waals surface area (Å²) in [6.07, 6.45) is 1.67. The van der Waals surface area contributed by atoms with Crippen LogP contribution in [0.5, 0.6) is 0 Å². The molecule has 0 atom stereocenters. The number of aryl methyl sites for hydroxylation is 1. The molecule has 0 spiro atoms. The fourth-order valence-corrected chi connectivity index (χ4v) is 3.10. The summed E-state index contributed by atoms with van der Waals surface area (Å²) in [5, 5.41) is 4.38. The summed E-state index contributed by atoms with van der Waals surface area (Å²) < 4.78 is 1.17. The maximum absolute atomic E-state index is 4.55. The Morgan fingerprint density at radius 3 is 2.67 bits per heavy atom. The molecule has 0 saturated carbocycles. The number of anilines is 1. The Bertz CT molecular complexity index is 659. The molecule has 1 N–H and O–H groups in total. The van der Waals surface area contributed by atoms with E-state index in [4.69, 9.17) is 0 Å². The molecule has 1 aromatic carbocycles. The number of hydrogen-bond acceptors (Lipinski definition) is 5. The van der Waals surface area contributed by atoms with Gasteiger partial charge in [-0.25, -0.2) is 0 Å². The molecule has 109 valence electrons. The fourth-order valence-electron chi connectivity index (χ4n) is 2.79. The Hall–Kier alpha value is -1.27. The van der Waals surface area contributed by atoms with E-state index < -0.39 is 0 Å². The molecule has 2 aromatic rings. The van der Waals surface area contributed by atoms with Gasteiger partial charge in [0.15, 0.2) is 0 Å². The van der Waals surface area contributed by atoms with E-state index in [0.29, 0.717) is 0 Å². The van der Waals surface area contributed by atoms with E-state index in [-0.39, 0.29) is 0 Å². The zero-order chi connectivity index (χ0) is 14.8. The first-order valence-electron chi connectivity index (χ1n) is 7.14. The number of nitrogens with zero attached hydrogens (tertiary/aromatic N) is 4. The number of hydrogen-bond donors (Lipinski definition) is 1. The SMILES string of the molecule is CN[C](=[V])N1CCN(c2ncnc3cccc(C)c23)CC1. The van der Waals surface area contributed by atoms with Crippen LogP contribution < -0.4 is 10.2 Å². The van der Waals surface area contributed by atoms with Gasteiger partial charge in [-0.1, -0.05) is 0 Å². The van der Waals surface area contributed by atoms with Crippen molar-refractivity contribution < 1.29 is 17.0 Å². The number of piperazine rings is 1. The van der Waals surface area contributed by atoms with E-state index in [0.717, 1.165) is 37.5 Å². The predicted molar refractivity (Wildman–Crippen MR) is 82.1 cm³/mol. The van der Waals surface area contributed by atoms with Gasteiger partial charge in [-0.15, -0.1) is 0 Å². The molecule has 2 heterocycles. The summed E-state index contributed by atoms with van der Waals surface area (Å²) in [5.41, 5.74) is 2.26. The first kappa shape index (κ1) is 14.7. The van der Waals surface area contributed by atoms with Crippen LogP contribution in [0.1, 0.15) is 5.56 Å². The molecule has 0 unspecified atom stereocenters. The number of rotatable bonds is 3. The molecule has 1 aliphatic heterocycles. The maximum atomic E-state index is 4.55. The number of benzene rings is 1. The van der Waals surface area contributed by atoms with Crippen LogP contribution in [-0.4, -0.2) is 52.6 Å². The van der Waals surface area contributed by atoms with Crippen LogP contribution in [0.15, 0.2) is 24.5 Å². The zero-order valence-electron chi connectivity index (χ0n) is 12.4. The third-order valence-corrected chi connectivity index (χ3v) is 4.74. The number of fused-ring (bicyclic) bond motifs is 1. The average molecular weight is 320 g/mol. The van der Waals surface area contributed by atoms with Gasteiger partial charge in [0.1, 0.15) is 0 Å². The Morgan fingerprint density at radius 1 is 1.19 bits per heavy atom.